The van der Waals surface area contributed by atoms with E-state index in [1.165, 1.54) is 0 Å². The minimum atomic E-state index is -0.560. The molecule has 6 heteroatoms. The molecular formula is C24H26N2O4. The van der Waals surface area contributed by atoms with Crippen molar-refractivity contribution in [3.63, 3.8) is 0 Å². The molecule has 0 unspecified atom stereocenters. The summed E-state index contributed by atoms with van der Waals surface area (Å²) in [5.74, 6) is 0.149. The number of esters is 1. The summed E-state index contributed by atoms with van der Waals surface area (Å²) in [7, 11) is 1.61. The van der Waals surface area contributed by atoms with Crippen molar-refractivity contribution in [2.24, 2.45) is 5.92 Å². The first kappa shape index (κ1) is 21.3. The quantitative estimate of drug-likeness (QED) is 0.594. The monoisotopic (exact) mass is 406 g/mol. The van der Waals surface area contributed by atoms with E-state index in [-0.39, 0.29) is 18.6 Å². The van der Waals surface area contributed by atoms with Crippen molar-refractivity contribution < 1.29 is 19.1 Å². The highest BCUT2D eigenvalue weighted by Crippen LogP contribution is 2.26. The second kappa shape index (κ2) is 9.39. The maximum atomic E-state index is 12.8. The Morgan fingerprint density at radius 3 is 2.40 bits per heavy atom. The molecule has 0 fully saturated rings. The molecule has 30 heavy (non-hydrogen) atoms. The van der Waals surface area contributed by atoms with Gasteiger partial charge < -0.3 is 14.8 Å². The van der Waals surface area contributed by atoms with Crippen LogP contribution in [0.15, 0.2) is 54.6 Å². The summed E-state index contributed by atoms with van der Waals surface area (Å²) in [6, 6.07) is 16.5. The van der Waals surface area contributed by atoms with Gasteiger partial charge in [-0.25, -0.2) is 9.78 Å². The number of nitrogens with one attached hydrogen (secondary N) is 1. The number of pyridine rings is 1. The summed E-state index contributed by atoms with van der Waals surface area (Å²) in [5, 5.41) is 3.51. The summed E-state index contributed by atoms with van der Waals surface area (Å²) >= 11 is 0. The first-order chi connectivity index (χ1) is 14.4. The average Bonchev–Trinajstić information content (AvgIpc) is 2.76. The fourth-order valence-electron chi connectivity index (χ4n) is 2.93. The van der Waals surface area contributed by atoms with Crippen LogP contribution in [0.2, 0.25) is 0 Å². The third-order valence-corrected chi connectivity index (χ3v) is 5.04. The van der Waals surface area contributed by atoms with Gasteiger partial charge in [0.15, 0.2) is 6.61 Å². The van der Waals surface area contributed by atoms with E-state index in [1.807, 2.05) is 69.3 Å². The Labute approximate surface area is 176 Å². The summed E-state index contributed by atoms with van der Waals surface area (Å²) < 4.78 is 10.5. The highest BCUT2D eigenvalue weighted by Gasteiger charge is 2.18. The molecule has 1 atom stereocenters. The number of methoxy groups -OCH3 is 1. The fraction of sp³-hybridized carbons (Fsp3) is 0.292. The molecule has 0 saturated carbocycles. The molecule has 1 amide bonds. The Hall–Kier alpha value is -3.41. The fourth-order valence-corrected chi connectivity index (χ4v) is 2.93. The Balaban J connectivity index is 1.86. The van der Waals surface area contributed by atoms with Crippen LogP contribution >= 0.6 is 0 Å². The van der Waals surface area contributed by atoms with Gasteiger partial charge in [-0.05, 0) is 49.2 Å². The number of amides is 1. The summed E-state index contributed by atoms with van der Waals surface area (Å²) in [6.07, 6.45) is 0. The van der Waals surface area contributed by atoms with Crippen LogP contribution in [-0.4, -0.2) is 36.6 Å². The number of aromatic nitrogens is 1. The molecule has 3 aromatic rings. The van der Waals surface area contributed by atoms with E-state index in [2.05, 4.69) is 10.3 Å². The molecule has 0 radical (unpaired) electrons. The van der Waals surface area contributed by atoms with Crippen molar-refractivity contribution in [3.8, 4) is 17.0 Å². The Kier molecular flexibility index (Phi) is 6.67. The molecule has 0 aliphatic heterocycles. The van der Waals surface area contributed by atoms with Crippen LogP contribution in [0, 0.1) is 5.92 Å². The van der Waals surface area contributed by atoms with Crippen molar-refractivity contribution in [1.29, 1.82) is 0 Å². The van der Waals surface area contributed by atoms with Crippen LogP contribution in [0.1, 0.15) is 31.1 Å². The molecule has 2 aromatic carbocycles. The highest BCUT2D eigenvalue weighted by molar-refractivity contribution is 6.05. The lowest BCUT2D eigenvalue weighted by Crippen LogP contribution is -2.38. The number of ether oxygens (including phenoxy) is 2. The number of rotatable bonds is 7. The van der Waals surface area contributed by atoms with Gasteiger partial charge in [-0.15, -0.1) is 0 Å². The Bertz CT molecular complexity index is 1040. The molecule has 0 spiro atoms. The van der Waals surface area contributed by atoms with Crippen LogP contribution in [0.4, 0.5) is 0 Å². The van der Waals surface area contributed by atoms with Crippen molar-refractivity contribution in [1.82, 2.24) is 10.3 Å². The van der Waals surface area contributed by atoms with E-state index in [0.717, 1.165) is 11.3 Å². The zero-order valence-electron chi connectivity index (χ0n) is 17.6. The van der Waals surface area contributed by atoms with E-state index in [1.54, 1.807) is 13.2 Å². The maximum absolute atomic E-state index is 12.8. The second-order valence-electron chi connectivity index (χ2n) is 7.48. The summed E-state index contributed by atoms with van der Waals surface area (Å²) in [5.41, 5.74) is 2.53. The van der Waals surface area contributed by atoms with Gasteiger partial charge in [0.05, 0.1) is 23.9 Å². The zero-order chi connectivity index (χ0) is 21.7. The maximum Gasteiger partial charge on any atom is 0.339 e. The van der Waals surface area contributed by atoms with Gasteiger partial charge >= 0.3 is 5.97 Å². The third kappa shape index (κ3) is 4.95. The zero-order valence-corrected chi connectivity index (χ0v) is 17.6. The Morgan fingerprint density at radius 1 is 1.03 bits per heavy atom. The van der Waals surface area contributed by atoms with Gasteiger partial charge in [0.2, 0.25) is 0 Å². The van der Waals surface area contributed by atoms with Gasteiger partial charge in [-0.3, -0.25) is 4.79 Å². The van der Waals surface area contributed by atoms with Gasteiger partial charge in [0.25, 0.3) is 5.91 Å². The van der Waals surface area contributed by atoms with Crippen LogP contribution in [0.5, 0.6) is 5.75 Å². The lowest BCUT2D eigenvalue weighted by atomic mass is 10.0. The number of fused-ring (bicyclic) bond motifs is 1. The van der Waals surface area contributed by atoms with Crippen molar-refractivity contribution in [3.05, 3.63) is 60.2 Å². The number of carbonyl (C=O) groups excluding carboxylic acids is 2. The van der Waals surface area contributed by atoms with E-state index < -0.39 is 5.97 Å². The minimum absolute atomic E-state index is 0.000341. The SMILES string of the molecule is COc1ccc(-c2cc(C(=O)OCC(=O)N[C@@H](C)C(C)C)c3ccccc3n2)cc1. The number of hydrogen-bond donors (Lipinski definition) is 1. The third-order valence-electron chi connectivity index (χ3n) is 5.04. The van der Waals surface area contributed by atoms with E-state index in [4.69, 9.17) is 9.47 Å². The van der Waals surface area contributed by atoms with Crippen molar-refractivity contribution in [2.45, 2.75) is 26.8 Å². The lowest BCUT2D eigenvalue weighted by Gasteiger charge is -2.17. The smallest absolute Gasteiger partial charge is 0.339 e. The molecule has 156 valence electrons. The van der Waals surface area contributed by atoms with Gasteiger partial charge in [-0.2, -0.15) is 0 Å². The predicted octanol–water partition coefficient (Wildman–Crippen LogP) is 4.23. The first-order valence-electron chi connectivity index (χ1n) is 9.89. The molecule has 3 rings (SSSR count). The molecule has 1 aromatic heterocycles. The van der Waals surface area contributed by atoms with Gasteiger partial charge in [0.1, 0.15) is 5.75 Å². The number of para-hydroxylation sites is 1. The van der Waals surface area contributed by atoms with Crippen LogP contribution in [0.25, 0.3) is 22.2 Å². The standard InChI is InChI=1S/C24H26N2O4/c1-15(2)16(3)25-23(27)14-30-24(28)20-13-22(17-9-11-18(29-4)12-10-17)26-21-8-6-5-7-19(20)21/h5-13,15-16H,14H2,1-4H3,(H,25,27)/t16-/m0/s1. The number of carbonyl (C=O) groups is 2. The van der Waals surface area contributed by atoms with Gasteiger partial charge in [-0.1, -0.05) is 32.0 Å². The van der Waals surface area contributed by atoms with Crippen molar-refractivity contribution in [2.75, 3.05) is 13.7 Å². The molecule has 0 saturated heterocycles. The highest BCUT2D eigenvalue weighted by atomic mass is 16.5. The summed E-state index contributed by atoms with van der Waals surface area (Å²) in [4.78, 5) is 29.6. The lowest BCUT2D eigenvalue weighted by molar-refractivity contribution is -0.125. The minimum Gasteiger partial charge on any atom is -0.497 e. The molecule has 0 aliphatic rings. The largest absolute Gasteiger partial charge is 0.497 e. The molecule has 0 aliphatic carbocycles. The summed E-state index contributed by atoms with van der Waals surface area (Å²) in [6.45, 7) is 5.62. The van der Waals surface area contributed by atoms with Crippen LogP contribution < -0.4 is 10.1 Å². The first-order valence-corrected chi connectivity index (χ1v) is 9.89. The van der Waals surface area contributed by atoms with Crippen LogP contribution in [-0.2, 0) is 9.53 Å². The number of benzene rings is 2. The molecule has 1 heterocycles. The Morgan fingerprint density at radius 2 is 1.73 bits per heavy atom. The van der Waals surface area contributed by atoms with Gasteiger partial charge in [0, 0.05) is 17.0 Å². The normalized spacial score (nSPS) is 11.9. The number of hydrogen-bond acceptors (Lipinski definition) is 5. The second-order valence-corrected chi connectivity index (χ2v) is 7.48. The average molecular weight is 406 g/mol. The van der Waals surface area contributed by atoms with E-state index in [0.29, 0.717) is 28.1 Å². The predicted molar refractivity (Wildman–Crippen MR) is 116 cm³/mol. The molecule has 1 N–H and O–H groups in total. The molecule has 6 nitrogen and oxygen atoms in total. The van der Waals surface area contributed by atoms with Crippen LogP contribution in [0.3, 0.4) is 0 Å². The molecular weight excluding hydrogens is 380 g/mol. The van der Waals surface area contributed by atoms with Crippen molar-refractivity contribution >= 4 is 22.8 Å². The molecule has 0 bridgehead atoms. The van der Waals surface area contributed by atoms with E-state index >= 15 is 0 Å². The topological polar surface area (TPSA) is 77.5 Å². The van der Waals surface area contributed by atoms with E-state index in [9.17, 15) is 9.59 Å². The number of nitrogens with zero attached hydrogens (tertiary/aromatic N) is 1.